The fraction of sp³-hybridized carbons (Fsp3) is 0.444. The van der Waals surface area contributed by atoms with Crippen molar-refractivity contribution < 1.29 is 4.79 Å². The van der Waals surface area contributed by atoms with Crippen molar-refractivity contribution in [3.8, 4) is 0 Å². The van der Waals surface area contributed by atoms with Crippen molar-refractivity contribution in [2.45, 2.75) is 6.42 Å². The van der Waals surface area contributed by atoms with Gasteiger partial charge < -0.3 is 5.32 Å². The van der Waals surface area contributed by atoms with Crippen LogP contribution in [0.5, 0.6) is 0 Å². The van der Waals surface area contributed by atoms with Crippen molar-refractivity contribution in [1.82, 2.24) is 5.32 Å². The Morgan fingerprint density at radius 2 is 2.45 bits per heavy atom. The van der Waals surface area contributed by atoms with Gasteiger partial charge >= 0.3 is 0 Å². The quantitative estimate of drug-likeness (QED) is 0.548. The molecular weight excluding hydrogens is 138 g/mol. The molecule has 0 bridgehead atoms. The highest BCUT2D eigenvalue weighted by molar-refractivity contribution is 5.95. The van der Waals surface area contributed by atoms with Gasteiger partial charge in [0.15, 0.2) is 5.78 Å². The second-order valence-corrected chi connectivity index (χ2v) is 3.02. The van der Waals surface area contributed by atoms with Gasteiger partial charge in [-0.2, -0.15) is 0 Å². The molecule has 0 amide bonds. The summed E-state index contributed by atoms with van der Waals surface area (Å²) < 4.78 is 0. The van der Waals surface area contributed by atoms with Crippen molar-refractivity contribution in [3.05, 3.63) is 23.8 Å². The van der Waals surface area contributed by atoms with Gasteiger partial charge in [0.05, 0.1) is 0 Å². The summed E-state index contributed by atoms with van der Waals surface area (Å²) in [6.45, 7) is 1.86. The molecule has 0 aromatic heterocycles. The Labute approximate surface area is 66.0 Å². The van der Waals surface area contributed by atoms with Crippen LogP contribution < -0.4 is 5.32 Å². The standard InChI is InChI=1S/C9H11NO/c11-9-3-1-2-7-6-10-5-4-8(7)9/h1-3,8,10H,4-6H2. The Hall–Kier alpha value is -0.890. The van der Waals surface area contributed by atoms with Crippen LogP contribution in [0.15, 0.2) is 23.8 Å². The highest BCUT2D eigenvalue weighted by Gasteiger charge is 2.24. The maximum absolute atomic E-state index is 11.3. The lowest BCUT2D eigenvalue weighted by molar-refractivity contribution is -0.117. The van der Waals surface area contributed by atoms with Crippen LogP contribution in [0.4, 0.5) is 0 Å². The van der Waals surface area contributed by atoms with Crippen molar-refractivity contribution in [2.24, 2.45) is 5.92 Å². The van der Waals surface area contributed by atoms with Gasteiger partial charge in [-0.3, -0.25) is 4.79 Å². The first kappa shape index (κ1) is 6.80. The Kier molecular flexibility index (Phi) is 1.62. The van der Waals surface area contributed by atoms with Crippen LogP contribution in [0.1, 0.15) is 6.42 Å². The molecule has 2 rings (SSSR count). The summed E-state index contributed by atoms with van der Waals surface area (Å²) in [5.41, 5.74) is 1.25. The zero-order valence-electron chi connectivity index (χ0n) is 6.34. The molecule has 0 radical (unpaired) electrons. The molecule has 0 aromatic rings. The van der Waals surface area contributed by atoms with Crippen LogP contribution in [0.2, 0.25) is 0 Å². The third-order valence-electron chi connectivity index (χ3n) is 2.30. The van der Waals surface area contributed by atoms with E-state index in [1.807, 2.05) is 6.08 Å². The normalized spacial score (nSPS) is 29.6. The third-order valence-corrected chi connectivity index (χ3v) is 2.30. The lowest BCUT2D eigenvalue weighted by Crippen LogP contribution is -2.34. The average Bonchev–Trinajstić information content (AvgIpc) is 2.06. The SMILES string of the molecule is O=C1C=CC=C2CNCCC12. The van der Waals surface area contributed by atoms with Gasteiger partial charge in [0.1, 0.15) is 0 Å². The molecule has 58 valence electrons. The van der Waals surface area contributed by atoms with Crippen molar-refractivity contribution in [2.75, 3.05) is 13.1 Å². The molecule has 1 unspecified atom stereocenters. The highest BCUT2D eigenvalue weighted by Crippen LogP contribution is 2.22. The molecule has 1 heterocycles. The molecule has 0 aromatic carbocycles. The number of carbonyl (C=O) groups excluding carboxylic acids is 1. The van der Waals surface area contributed by atoms with E-state index >= 15 is 0 Å². The zero-order chi connectivity index (χ0) is 7.68. The van der Waals surface area contributed by atoms with E-state index in [0.29, 0.717) is 0 Å². The average molecular weight is 149 g/mol. The number of hydrogen-bond donors (Lipinski definition) is 1. The summed E-state index contributed by atoms with van der Waals surface area (Å²) in [7, 11) is 0. The first-order valence-corrected chi connectivity index (χ1v) is 3.99. The van der Waals surface area contributed by atoms with Gasteiger partial charge in [-0.05, 0) is 24.6 Å². The molecule has 2 aliphatic rings. The molecule has 0 saturated carbocycles. The number of carbonyl (C=O) groups is 1. The van der Waals surface area contributed by atoms with Crippen molar-refractivity contribution in [1.29, 1.82) is 0 Å². The van der Waals surface area contributed by atoms with Crippen molar-refractivity contribution in [3.63, 3.8) is 0 Å². The summed E-state index contributed by atoms with van der Waals surface area (Å²) in [6.07, 6.45) is 6.55. The summed E-state index contributed by atoms with van der Waals surface area (Å²) in [4.78, 5) is 11.3. The Balaban J connectivity index is 2.25. The van der Waals surface area contributed by atoms with Crippen LogP contribution >= 0.6 is 0 Å². The second-order valence-electron chi connectivity index (χ2n) is 3.02. The van der Waals surface area contributed by atoms with E-state index in [1.165, 1.54) is 5.57 Å². The summed E-state index contributed by atoms with van der Waals surface area (Å²) in [5.74, 6) is 0.477. The minimum Gasteiger partial charge on any atom is -0.313 e. The van der Waals surface area contributed by atoms with Crippen LogP contribution in [0, 0.1) is 5.92 Å². The minimum atomic E-state index is 0.196. The predicted octanol–water partition coefficient (Wildman–Crippen LogP) is 0.661. The van der Waals surface area contributed by atoms with E-state index in [1.54, 1.807) is 6.08 Å². The van der Waals surface area contributed by atoms with Gasteiger partial charge in [0, 0.05) is 12.5 Å². The summed E-state index contributed by atoms with van der Waals surface area (Å²) in [5, 5.41) is 3.25. The molecule has 2 nitrogen and oxygen atoms in total. The molecule has 11 heavy (non-hydrogen) atoms. The maximum atomic E-state index is 11.3. The molecule has 2 heteroatoms. The number of fused-ring (bicyclic) bond motifs is 1. The molecule has 1 aliphatic carbocycles. The van der Waals surface area contributed by atoms with Crippen LogP contribution in [0.3, 0.4) is 0 Å². The van der Waals surface area contributed by atoms with Gasteiger partial charge in [-0.1, -0.05) is 12.2 Å². The van der Waals surface area contributed by atoms with E-state index < -0.39 is 0 Å². The van der Waals surface area contributed by atoms with Crippen LogP contribution in [0.25, 0.3) is 0 Å². The largest absolute Gasteiger partial charge is 0.313 e. The Morgan fingerprint density at radius 1 is 1.55 bits per heavy atom. The molecule has 1 atom stereocenters. The lowest BCUT2D eigenvalue weighted by atomic mass is 9.85. The summed E-state index contributed by atoms with van der Waals surface area (Å²) in [6, 6.07) is 0. The van der Waals surface area contributed by atoms with Crippen LogP contribution in [-0.4, -0.2) is 18.9 Å². The monoisotopic (exact) mass is 149 g/mol. The van der Waals surface area contributed by atoms with Gasteiger partial charge in [0.25, 0.3) is 0 Å². The zero-order valence-corrected chi connectivity index (χ0v) is 6.34. The van der Waals surface area contributed by atoms with Crippen LogP contribution in [-0.2, 0) is 4.79 Å². The van der Waals surface area contributed by atoms with E-state index in [2.05, 4.69) is 11.4 Å². The first-order chi connectivity index (χ1) is 5.38. The maximum Gasteiger partial charge on any atom is 0.162 e. The molecule has 1 N–H and O–H groups in total. The number of nitrogens with one attached hydrogen (secondary N) is 1. The summed E-state index contributed by atoms with van der Waals surface area (Å²) >= 11 is 0. The third kappa shape index (κ3) is 1.14. The van der Waals surface area contributed by atoms with E-state index in [-0.39, 0.29) is 11.7 Å². The molecule has 1 saturated heterocycles. The van der Waals surface area contributed by atoms with Gasteiger partial charge in [-0.25, -0.2) is 0 Å². The minimum absolute atomic E-state index is 0.196. The molecule has 0 spiro atoms. The van der Waals surface area contributed by atoms with Gasteiger partial charge in [-0.15, -0.1) is 0 Å². The van der Waals surface area contributed by atoms with E-state index in [4.69, 9.17) is 0 Å². The molecule has 1 fully saturated rings. The van der Waals surface area contributed by atoms with E-state index in [0.717, 1.165) is 19.5 Å². The van der Waals surface area contributed by atoms with E-state index in [9.17, 15) is 4.79 Å². The van der Waals surface area contributed by atoms with Gasteiger partial charge in [0.2, 0.25) is 0 Å². The highest BCUT2D eigenvalue weighted by atomic mass is 16.1. The fourth-order valence-corrected chi connectivity index (χ4v) is 1.67. The number of piperidine rings is 1. The fourth-order valence-electron chi connectivity index (χ4n) is 1.67. The predicted molar refractivity (Wildman–Crippen MR) is 43.2 cm³/mol. The number of ketones is 1. The first-order valence-electron chi connectivity index (χ1n) is 3.99. The molecular formula is C9H11NO. The lowest BCUT2D eigenvalue weighted by Gasteiger charge is -2.25. The number of allylic oxidation sites excluding steroid dienone is 3. The second kappa shape index (κ2) is 2.62. The smallest absolute Gasteiger partial charge is 0.162 e. The molecule has 1 aliphatic heterocycles. The topological polar surface area (TPSA) is 29.1 Å². The van der Waals surface area contributed by atoms with Crippen molar-refractivity contribution >= 4 is 5.78 Å². The number of hydrogen-bond acceptors (Lipinski definition) is 2. The number of rotatable bonds is 0. The Morgan fingerprint density at radius 3 is 3.27 bits per heavy atom. The Bertz CT molecular complexity index is 240.